The van der Waals surface area contributed by atoms with Crippen LogP contribution < -0.4 is 19.9 Å². The van der Waals surface area contributed by atoms with Gasteiger partial charge >= 0.3 is 0 Å². The monoisotopic (exact) mass is 635 g/mol. The van der Waals surface area contributed by atoms with Gasteiger partial charge in [0.15, 0.2) is 0 Å². The van der Waals surface area contributed by atoms with E-state index in [1.807, 2.05) is 19.9 Å². The van der Waals surface area contributed by atoms with Gasteiger partial charge in [0.05, 0.1) is 28.6 Å². The number of nitrogens with one attached hydrogen (secondary N) is 1. The Kier molecular flexibility index (Phi) is 8.49. The standard InChI is InChI=1S/C30H26IN3O3S/c1-5-9-24-21(4)27(18-31)33-19-23(24)14-13-22-10-6-7-12-26(22)34-38(35,36)29-16-15-28(37-20(2)3)25-11-8-17-32-30(25)29/h5-12,15-17,19-20,34H,1,4,18H2,2-3H3/b24-9+. The first-order chi connectivity index (χ1) is 18.2. The number of hydrogen-bond acceptors (Lipinski definition) is 5. The molecule has 192 valence electrons. The summed E-state index contributed by atoms with van der Waals surface area (Å²) in [5.74, 6) is 6.80. The molecule has 0 saturated heterocycles. The zero-order valence-corrected chi connectivity index (χ0v) is 24.0. The van der Waals surface area contributed by atoms with Crippen LogP contribution in [0.2, 0.25) is 0 Å². The number of halogens is 1. The van der Waals surface area contributed by atoms with Gasteiger partial charge in [-0.3, -0.25) is 14.7 Å². The Morgan fingerprint density at radius 3 is 2.58 bits per heavy atom. The number of rotatable bonds is 7. The van der Waals surface area contributed by atoms with Crippen molar-refractivity contribution in [3.8, 4) is 17.6 Å². The molecule has 0 aliphatic heterocycles. The third-order valence-corrected chi connectivity index (χ3v) is 7.69. The molecule has 1 N–H and O–H groups in total. The number of aromatic nitrogens is 2. The number of pyridine rings is 2. The number of allylic oxidation sites excluding steroid dienone is 1. The van der Waals surface area contributed by atoms with E-state index >= 15 is 0 Å². The Hall–Kier alpha value is -3.68. The molecule has 0 radical (unpaired) electrons. The molecule has 0 bridgehead atoms. The minimum Gasteiger partial charge on any atom is -0.490 e. The third kappa shape index (κ3) is 5.90. The molecule has 0 saturated carbocycles. The zero-order chi connectivity index (χ0) is 27.3. The van der Waals surface area contributed by atoms with E-state index in [4.69, 9.17) is 4.74 Å². The Labute approximate surface area is 236 Å². The molecule has 6 nitrogen and oxygen atoms in total. The number of nitrogens with zero attached hydrogens (tertiary/aromatic N) is 2. The van der Waals surface area contributed by atoms with Crippen molar-refractivity contribution in [3.63, 3.8) is 0 Å². The van der Waals surface area contributed by atoms with Crippen molar-refractivity contribution < 1.29 is 13.2 Å². The SMILES string of the molecule is C=C/C=c1/c(C#Cc2ccccc2NS(=O)(=O)c2ccc(OC(C)C)c3cccnc23)cnc(CI)c1=C. The lowest BCUT2D eigenvalue weighted by atomic mass is 10.1. The van der Waals surface area contributed by atoms with Crippen LogP contribution in [0.25, 0.3) is 23.6 Å². The fourth-order valence-corrected chi connectivity index (χ4v) is 5.74. The predicted octanol–water partition coefficient (Wildman–Crippen LogP) is 4.93. The molecule has 2 heterocycles. The number of anilines is 1. The highest BCUT2D eigenvalue weighted by Gasteiger charge is 2.21. The normalized spacial score (nSPS) is 11.7. The highest BCUT2D eigenvalue weighted by atomic mass is 127. The van der Waals surface area contributed by atoms with E-state index in [1.54, 1.807) is 60.9 Å². The van der Waals surface area contributed by atoms with Crippen LogP contribution in [0, 0.1) is 11.8 Å². The van der Waals surface area contributed by atoms with Gasteiger partial charge in [-0.05, 0) is 55.5 Å². The summed E-state index contributed by atoms with van der Waals surface area (Å²) in [6, 6.07) is 13.7. The van der Waals surface area contributed by atoms with Crippen LogP contribution in [0.1, 0.15) is 30.7 Å². The largest absolute Gasteiger partial charge is 0.490 e. The quantitative estimate of drug-likeness (QED) is 0.177. The van der Waals surface area contributed by atoms with Crippen molar-refractivity contribution in [2.75, 3.05) is 4.72 Å². The average molecular weight is 636 g/mol. The summed E-state index contributed by atoms with van der Waals surface area (Å²) in [5, 5.41) is 2.26. The van der Waals surface area contributed by atoms with E-state index in [0.717, 1.165) is 20.6 Å². The molecule has 0 aliphatic rings. The van der Waals surface area contributed by atoms with E-state index in [1.165, 1.54) is 6.07 Å². The number of para-hydroxylation sites is 1. The van der Waals surface area contributed by atoms with Crippen LogP contribution in [0.3, 0.4) is 0 Å². The fourth-order valence-electron chi connectivity index (χ4n) is 3.84. The van der Waals surface area contributed by atoms with Gasteiger partial charge in [-0.15, -0.1) is 0 Å². The molecule has 8 heteroatoms. The van der Waals surface area contributed by atoms with Crippen molar-refractivity contribution in [3.05, 3.63) is 101 Å². The smallest absolute Gasteiger partial charge is 0.264 e. The van der Waals surface area contributed by atoms with Crippen LogP contribution >= 0.6 is 22.6 Å². The van der Waals surface area contributed by atoms with Gasteiger partial charge < -0.3 is 4.74 Å². The number of alkyl halides is 1. The summed E-state index contributed by atoms with van der Waals surface area (Å²) in [6.07, 6.45) is 6.73. The summed E-state index contributed by atoms with van der Waals surface area (Å²) in [4.78, 5) is 8.88. The van der Waals surface area contributed by atoms with Gasteiger partial charge in [-0.25, -0.2) is 8.42 Å². The second-order valence-electron chi connectivity index (χ2n) is 8.58. The molecule has 0 atom stereocenters. The van der Waals surface area contributed by atoms with E-state index in [0.29, 0.717) is 33.5 Å². The zero-order valence-electron chi connectivity index (χ0n) is 21.0. The minimum atomic E-state index is -4.00. The Balaban J connectivity index is 1.76. The predicted molar refractivity (Wildman–Crippen MR) is 162 cm³/mol. The minimum absolute atomic E-state index is 0.0510. The topological polar surface area (TPSA) is 81.2 Å². The van der Waals surface area contributed by atoms with Gasteiger partial charge in [0.1, 0.15) is 10.6 Å². The molecule has 0 unspecified atom stereocenters. The first kappa shape index (κ1) is 27.4. The average Bonchev–Trinajstić information content (AvgIpc) is 2.89. The first-order valence-corrected chi connectivity index (χ1v) is 14.8. The highest BCUT2D eigenvalue weighted by molar-refractivity contribution is 14.1. The van der Waals surface area contributed by atoms with E-state index in [9.17, 15) is 8.42 Å². The molecular weight excluding hydrogens is 609 g/mol. The van der Waals surface area contributed by atoms with E-state index in [-0.39, 0.29) is 11.0 Å². The molecular formula is C30H26IN3O3S. The molecule has 0 amide bonds. The Bertz CT molecular complexity index is 1810. The van der Waals surface area contributed by atoms with Gasteiger partial charge in [-0.1, -0.05) is 71.9 Å². The van der Waals surface area contributed by atoms with Crippen molar-refractivity contribution in [2.24, 2.45) is 0 Å². The Morgan fingerprint density at radius 1 is 1.08 bits per heavy atom. The lowest BCUT2D eigenvalue weighted by Crippen LogP contribution is -2.30. The van der Waals surface area contributed by atoms with Crippen LogP contribution in [0.5, 0.6) is 5.75 Å². The van der Waals surface area contributed by atoms with Crippen LogP contribution in [0.4, 0.5) is 5.69 Å². The summed E-state index contributed by atoms with van der Waals surface area (Å²) < 4.78 is 36.4. The number of ether oxygens (including phenoxy) is 1. The molecule has 0 spiro atoms. The second-order valence-corrected chi connectivity index (χ2v) is 11.0. The number of hydrogen-bond donors (Lipinski definition) is 1. The number of fused-ring (bicyclic) bond motifs is 1. The van der Waals surface area contributed by atoms with Crippen LogP contribution in [-0.4, -0.2) is 24.5 Å². The summed E-state index contributed by atoms with van der Waals surface area (Å²) >= 11 is 2.24. The maximum absolute atomic E-state index is 13.6. The van der Waals surface area contributed by atoms with Crippen LogP contribution in [-0.2, 0) is 14.5 Å². The molecule has 0 fully saturated rings. The highest BCUT2D eigenvalue weighted by Crippen LogP contribution is 2.31. The van der Waals surface area contributed by atoms with Crippen molar-refractivity contribution in [1.82, 2.24) is 9.97 Å². The molecule has 2 aromatic carbocycles. The van der Waals surface area contributed by atoms with Crippen molar-refractivity contribution >= 4 is 61.9 Å². The summed E-state index contributed by atoms with van der Waals surface area (Å²) in [6.45, 7) is 11.8. The number of sulfonamides is 1. The van der Waals surface area contributed by atoms with Gasteiger partial charge in [0.2, 0.25) is 0 Å². The lowest BCUT2D eigenvalue weighted by Gasteiger charge is -2.15. The van der Waals surface area contributed by atoms with Crippen LogP contribution in [0.15, 0.2) is 78.5 Å². The van der Waals surface area contributed by atoms with Gasteiger partial charge in [-0.2, -0.15) is 0 Å². The van der Waals surface area contributed by atoms with Crippen molar-refractivity contribution in [2.45, 2.75) is 29.3 Å². The molecule has 4 rings (SSSR count). The Morgan fingerprint density at radius 2 is 1.84 bits per heavy atom. The fraction of sp³-hybridized carbons (Fsp3) is 0.133. The molecule has 2 aromatic heterocycles. The molecule has 0 aliphatic carbocycles. The van der Waals surface area contributed by atoms with E-state index < -0.39 is 10.0 Å². The first-order valence-electron chi connectivity index (χ1n) is 11.8. The number of benzene rings is 2. The summed E-state index contributed by atoms with van der Waals surface area (Å²) in [7, 11) is -4.00. The molecule has 38 heavy (non-hydrogen) atoms. The third-order valence-electron chi connectivity index (χ3n) is 5.57. The maximum atomic E-state index is 13.6. The van der Waals surface area contributed by atoms with Gasteiger partial charge in [0.25, 0.3) is 10.0 Å². The maximum Gasteiger partial charge on any atom is 0.264 e. The van der Waals surface area contributed by atoms with Crippen molar-refractivity contribution in [1.29, 1.82) is 0 Å². The lowest BCUT2D eigenvalue weighted by molar-refractivity contribution is 0.245. The van der Waals surface area contributed by atoms with Gasteiger partial charge in [0, 0.05) is 33.0 Å². The summed E-state index contributed by atoms with van der Waals surface area (Å²) in [5.41, 5.74) is 2.75. The van der Waals surface area contributed by atoms with E-state index in [2.05, 4.69) is 62.3 Å². The second kappa shape index (κ2) is 11.8. The molecule has 4 aromatic rings.